The predicted octanol–water partition coefficient (Wildman–Crippen LogP) is 4.32. The maximum atomic E-state index is 12.8. The van der Waals surface area contributed by atoms with Crippen LogP contribution in [-0.4, -0.2) is 27.6 Å². The molecule has 0 aliphatic carbocycles. The van der Waals surface area contributed by atoms with Crippen LogP contribution in [0.5, 0.6) is 5.75 Å². The summed E-state index contributed by atoms with van der Waals surface area (Å²) < 4.78 is 9.78. The van der Waals surface area contributed by atoms with Crippen LogP contribution < -0.4 is 10.3 Å². The van der Waals surface area contributed by atoms with Crippen molar-refractivity contribution in [3.05, 3.63) is 94.0 Å². The Labute approximate surface area is 187 Å². The van der Waals surface area contributed by atoms with Crippen molar-refractivity contribution in [1.29, 1.82) is 0 Å². The summed E-state index contributed by atoms with van der Waals surface area (Å²) in [6.07, 6.45) is 2.85. The van der Waals surface area contributed by atoms with Crippen LogP contribution in [0.15, 0.2) is 71.7 Å². The SMILES string of the molecule is CN1CCc2c(c3cc(-n4ccc(OCc5ccccc5)cc4=O)ccc3n2C)C1.Cl. The van der Waals surface area contributed by atoms with Crippen molar-refractivity contribution in [2.45, 2.75) is 19.6 Å². The second-order valence-corrected chi connectivity index (χ2v) is 8.02. The second-order valence-electron chi connectivity index (χ2n) is 8.02. The normalized spacial score (nSPS) is 13.6. The molecule has 0 fully saturated rings. The monoisotopic (exact) mass is 435 g/mol. The zero-order chi connectivity index (χ0) is 20.7. The lowest BCUT2D eigenvalue weighted by Crippen LogP contribution is -2.26. The first-order valence-electron chi connectivity index (χ1n) is 10.3. The number of benzene rings is 2. The van der Waals surface area contributed by atoms with Crippen molar-refractivity contribution in [3.8, 4) is 11.4 Å². The lowest BCUT2D eigenvalue weighted by molar-refractivity contribution is 0.305. The minimum Gasteiger partial charge on any atom is -0.489 e. The van der Waals surface area contributed by atoms with E-state index in [1.165, 1.54) is 22.2 Å². The number of hydrogen-bond acceptors (Lipinski definition) is 3. The van der Waals surface area contributed by atoms with Crippen LogP contribution in [0.25, 0.3) is 16.6 Å². The van der Waals surface area contributed by atoms with Crippen molar-refractivity contribution in [2.75, 3.05) is 13.6 Å². The molecule has 2 aromatic heterocycles. The zero-order valence-electron chi connectivity index (χ0n) is 17.7. The topological polar surface area (TPSA) is 39.4 Å². The molecule has 31 heavy (non-hydrogen) atoms. The largest absolute Gasteiger partial charge is 0.489 e. The van der Waals surface area contributed by atoms with E-state index in [9.17, 15) is 4.79 Å². The van der Waals surface area contributed by atoms with E-state index in [1.54, 1.807) is 16.8 Å². The van der Waals surface area contributed by atoms with Crippen molar-refractivity contribution >= 4 is 23.3 Å². The number of fused-ring (bicyclic) bond motifs is 3. The van der Waals surface area contributed by atoms with Crippen LogP contribution in [0, 0.1) is 0 Å². The molecule has 6 heteroatoms. The van der Waals surface area contributed by atoms with E-state index in [2.05, 4.69) is 35.7 Å². The Morgan fingerprint density at radius 1 is 1.00 bits per heavy atom. The van der Waals surface area contributed by atoms with Crippen molar-refractivity contribution in [3.63, 3.8) is 0 Å². The molecule has 0 atom stereocenters. The van der Waals surface area contributed by atoms with Gasteiger partial charge in [-0.2, -0.15) is 0 Å². The van der Waals surface area contributed by atoms with Gasteiger partial charge in [-0.3, -0.25) is 9.36 Å². The van der Waals surface area contributed by atoms with Crippen LogP contribution in [0.2, 0.25) is 0 Å². The molecule has 4 aromatic rings. The highest BCUT2D eigenvalue weighted by Crippen LogP contribution is 2.31. The molecule has 0 N–H and O–H groups in total. The van der Waals surface area contributed by atoms with Crippen LogP contribution >= 0.6 is 12.4 Å². The molecule has 0 saturated heterocycles. The van der Waals surface area contributed by atoms with E-state index in [4.69, 9.17) is 4.74 Å². The van der Waals surface area contributed by atoms with Crippen molar-refractivity contribution in [1.82, 2.24) is 14.0 Å². The van der Waals surface area contributed by atoms with Crippen LogP contribution in [-0.2, 0) is 26.6 Å². The lowest BCUT2D eigenvalue weighted by Gasteiger charge is -2.23. The Hall–Kier alpha value is -3.02. The third-order valence-corrected chi connectivity index (χ3v) is 6.00. The van der Waals surface area contributed by atoms with Gasteiger partial charge in [0.2, 0.25) is 0 Å². The average Bonchev–Trinajstić information content (AvgIpc) is 3.04. The van der Waals surface area contributed by atoms with Gasteiger partial charge in [0.05, 0.1) is 0 Å². The molecule has 1 aliphatic rings. The Bertz CT molecular complexity index is 1280. The van der Waals surface area contributed by atoms with E-state index in [0.29, 0.717) is 12.4 Å². The predicted molar refractivity (Wildman–Crippen MR) is 127 cm³/mol. The van der Waals surface area contributed by atoms with E-state index >= 15 is 0 Å². The Morgan fingerprint density at radius 3 is 2.58 bits per heavy atom. The summed E-state index contributed by atoms with van der Waals surface area (Å²) in [5.74, 6) is 0.583. The van der Waals surface area contributed by atoms with Gasteiger partial charge in [-0.1, -0.05) is 30.3 Å². The van der Waals surface area contributed by atoms with Crippen LogP contribution in [0.4, 0.5) is 0 Å². The summed E-state index contributed by atoms with van der Waals surface area (Å²) in [6.45, 7) is 2.46. The maximum Gasteiger partial charge on any atom is 0.258 e. The molecule has 0 spiro atoms. The molecule has 0 unspecified atom stereocenters. The van der Waals surface area contributed by atoms with Gasteiger partial charge in [0.15, 0.2) is 0 Å². The molecule has 3 heterocycles. The number of hydrogen-bond donors (Lipinski definition) is 0. The smallest absolute Gasteiger partial charge is 0.258 e. The molecule has 5 rings (SSSR count). The number of likely N-dealkylation sites (N-methyl/N-ethyl adjacent to an activating group) is 1. The van der Waals surface area contributed by atoms with E-state index in [0.717, 1.165) is 30.8 Å². The molecular weight excluding hydrogens is 410 g/mol. The number of pyridine rings is 1. The van der Waals surface area contributed by atoms with Gasteiger partial charge in [0.25, 0.3) is 5.56 Å². The number of rotatable bonds is 4. The number of aromatic nitrogens is 2. The third kappa shape index (κ3) is 3.99. The van der Waals surface area contributed by atoms with E-state index in [1.807, 2.05) is 42.5 Å². The fourth-order valence-corrected chi connectivity index (χ4v) is 4.36. The van der Waals surface area contributed by atoms with E-state index < -0.39 is 0 Å². The summed E-state index contributed by atoms with van der Waals surface area (Å²) in [4.78, 5) is 15.2. The zero-order valence-corrected chi connectivity index (χ0v) is 18.6. The summed E-state index contributed by atoms with van der Waals surface area (Å²) >= 11 is 0. The van der Waals surface area contributed by atoms with Gasteiger partial charge in [-0.15, -0.1) is 12.4 Å². The fraction of sp³-hybridized carbons (Fsp3) is 0.240. The fourth-order valence-electron chi connectivity index (χ4n) is 4.36. The molecule has 0 saturated carbocycles. The summed E-state index contributed by atoms with van der Waals surface area (Å²) in [6, 6.07) is 19.6. The third-order valence-electron chi connectivity index (χ3n) is 6.00. The van der Waals surface area contributed by atoms with Gasteiger partial charge >= 0.3 is 0 Å². The molecule has 1 aliphatic heterocycles. The Morgan fingerprint density at radius 2 is 1.81 bits per heavy atom. The minimum atomic E-state index is -0.0955. The summed E-state index contributed by atoms with van der Waals surface area (Å²) in [5, 5.41) is 1.23. The first kappa shape index (κ1) is 21.2. The van der Waals surface area contributed by atoms with Gasteiger partial charge in [-0.05, 0) is 42.4 Å². The van der Waals surface area contributed by atoms with Crippen molar-refractivity contribution in [2.24, 2.45) is 7.05 Å². The Balaban J connectivity index is 0.00000231. The highest BCUT2D eigenvalue weighted by Gasteiger charge is 2.21. The molecule has 2 aromatic carbocycles. The van der Waals surface area contributed by atoms with Crippen LogP contribution in [0.3, 0.4) is 0 Å². The first-order valence-corrected chi connectivity index (χ1v) is 10.3. The van der Waals surface area contributed by atoms with Gasteiger partial charge in [0, 0.05) is 61.1 Å². The minimum absolute atomic E-state index is 0. The average molecular weight is 436 g/mol. The molecular formula is C25H26ClN3O2. The van der Waals surface area contributed by atoms with Crippen molar-refractivity contribution < 1.29 is 4.74 Å². The number of aryl methyl sites for hydroxylation is 1. The van der Waals surface area contributed by atoms with Crippen LogP contribution in [0.1, 0.15) is 16.8 Å². The highest BCUT2D eigenvalue weighted by atomic mass is 35.5. The second kappa shape index (κ2) is 8.61. The number of halogens is 1. The lowest BCUT2D eigenvalue weighted by atomic mass is 10.0. The molecule has 5 nitrogen and oxygen atoms in total. The number of nitrogens with zero attached hydrogens (tertiary/aromatic N) is 3. The molecule has 0 radical (unpaired) electrons. The maximum absolute atomic E-state index is 12.8. The summed E-state index contributed by atoms with van der Waals surface area (Å²) in [7, 11) is 4.29. The molecule has 160 valence electrons. The number of ether oxygens (including phenoxy) is 1. The highest BCUT2D eigenvalue weighted by molar-refractivity contribution is 5.87. The molecule has 0 amide bonds. The molecule has 0 bridgehead atoms. The summed E-state index contributed by atoms with van der Waals surface area (Å²) in [5.41, 5.74) is 5.85. The van der Waals surface area contributed by atoms with Gasteiger partial charge in [0.1, 0.15) is 12.4 Å². The van der Waals surface area contributed by atoms with Gasteiger partial charge in [-0.25, -0.2) is 0 Å². The first-order chi connectivity index (χ1) is 14.6. The van der Waals surface area contributed by atoms with E-state index in [-0.39, 0.29) is 18.0 Å². The van der Waals surface area contributed by atoms with Gasteiger partial charge < -0.3 is 14.2 Å². The Kier molecular flexibility index (Phi) is 5.90. The quantitative estimate of drug-likeness (QED) is 0.479. The standard InChI is InChI=1S/C25H25N3O2.ClH/c1-26-12-11-24-22(16-26)21-14-19(8-9-23(21)27(24)2)28-13-10-20(15-25(28)29)30-17-18-6-4-3-5-7-18;/h3-10,13-15H,11-12,16-17H2,1-2H3;1H.